The maximum Gasteiger partial charge on any atom is 0.277 e. The fraction of sp³-hybridized carbons (Fsp3) is 0. The second-order valence-corrected chi connectivity index (χ2v) is 7.19. The molecule has 1 aromatic heterocycles. The highest BCUT2D eigenvalue weighted by atomic mass is 35.5. The summed E-state index contributed by atoms with van der Waals surface area (Å²) in [5, 5.41) is 14.3. The summed E-state index contributed by atoms with van der Waals surface area (Å²) in [6.07, 6.45) is 0. The minimum atomic E-state index is -0.332. The van der Waals surface area contributed by atoms with E-state index in [0.717, 1.165) is 33.1 Å². The van der Waals surface area contributed by atoms with Gasteiger partial charge in [-0.3, -0.25) is 10.1 Å². The number of para-hydroxylation sites is 3. The highest BCUT2D eigenvalue weighted by Gasteiger charge is 2.21. The average molecular weight is 399 g/mol. The third-order valence-corrected chi connectivity index (χ3v) is 5.50. The van der Waals surface area contributed by atoms with Gasteiger partial charge in [0.1, 0.15) is 0 Å². The summed E-state index contributed by atoms with van der Waals surface area (Å²) in [7, 11) is 0. The number of fused-ring (bicyclic) bond motifs is 3. The lowest BCUT2D eigenvalue weighted by Crippen LogP contribution is -1.95. The van der Waals surface area contributed by atoms with E-state index in [4.69, 9.17) is 11.6 Å². The number of halogens is 1. The summed E-state index contributed by atoms with van der Waals surface area (Å²) >= 11 is 6.53. The predicted octanol–water partition coefficient (Wildman–Crippen LogP) is 7.01. The third-order valence-electron chi connectivity index (χ3n) is 5.18. The molecule has 0 atom stereocenters. The van der Waals surface area contributed by atoms with E-state index in [9.17, 15) is 10.1 Å². The summed E-state index contributed by atoms with van der Waals surface area (Å²) in [5.74, 6) is 0. The lowest BCUT2D eigenvalue weighted by molar-refractivity contribution is -0.384. The lowest BCUT2D eigenvalue weighted by atomic mass is 9.98. The molecule has 4 nitrogen and oxygen atoms in total. The summed E-state index contributed by atoms with van der Waals surface area (Å²) in [6.45, 7) is 0. The Morgan fingerprint density at radius 2 is 1.38 bits per heavy atom. The first kappa shape index (κ1) is 17.5. The van der Waals surface area contributed by atoms with Crippen molar-refractivity contribution in [1.82, 2.24) is 4.57 Å². The van der Waals surface area contributed by atoms with Crippen LogP contribution in [0.1, 0.15) is 0 Å². The van der Waals surface area contributed by atoms with Crippen LogP contribution in [0, 0.1) is 10.1 Å². The SMILES string of the molecule is O=[N+]([O-])c1ccccc1-c1cccc2c1c1ccccc1n2-c1ccccc1Cl. The smallest absolute Gasteiger partial charge is 0.277 e. The maximum atomic E-state index is 11.6. The molecule has 0 saturated carbocycles. The molecule has 0 radical (unpaired) electrons. The van der Waals surface area contributed by atoms with Gasteiger partial charge >= 0.3 is 0 Å². The quantitative estimate of drug-likeness (QED) is 0.242. The van der Waals surface area contributed by atoms with Crippen molar-refractivity contribution >= 4 is 39.1 Å². The molecule has 0 fully saturated rings. The van der Waals surface area contributed by atoms with Crippen molar-refractivity contribution < 1.29 is 4.92 Å². The molecule has 0 bridgehead atoms. The van der Waals surface area contributed by atoms with Crippen LogP contribution in [0.25, 0.3) is 38.6 Å². The first-order chi connectivity index (χ1) is 14.2. The van der Waals surface area contributed by atoms with Gasteiger partial charge in [0.05, 0.1) is 32.2 Å². The monoisotopic (exact) mass is 398 g/mol. The van der Waals surface area contributed by atoms with Crippen LogP contribution in [0.3, 0.4) is 0 Å². The molecule has 4 aromatic carbocycles. The van der Waals surface area contributed by atoms with E-state index in [2.05, 4.69) is 4.57 Å². The Kier molecular flexibility index (Phi) is 4.07. The van der Waals surface area contributed by atoms with Crippen LogP contribution in [-0.2, 0) is 0 Å². The van der Waals surface area contributed by atoms with E-state index in [-0.39, 0.29) is 10.6 Å². The Balaban J connectivity index is 1.96. The zero-order valence-electron chi connectivity index (χ0n) is 15.2. The Labute approximate surface area is 171 Å². The Morgan fingerprint density at radius 1 is 0.724 bits per heavy atom. The van der Waals surface area contributed by atoms with E-state index < -0.39 is 0 Å². The molecule has 5 aromatic rings. The van der Waals surface area contributed by atoms with E-state index in [1.54, 1.807) is 18.2 Å². The molecule has 0 N–H and O–H groups in total. The normalized spacial score (nSPS) is 11.2. The minimum Gasteiger partial charge on any atom is -0.308 e. The molecule has 0 aliphatic heterocycles. The molecule has 0 unspecified atom stereocenters. The van der Waals surface area contributed by atoms with Crippen molar-refractivity contribution in [2.24, 2.45) is 0 Å². The van der Waals surface area contributed by atoms with E-state index in [1.165, 1.54) is 0 Å². The standard InChI is InChI=1S/C24H15ClN2O2/c25-19-11-3-6-14-22(19)26-20-12-4-2-9-18(20)24-17(10-7-15-23(24)26)16-8-1-5-13-21(16)27(28)29/h1-15H. The Bertz CT molecular complexity index is 1400. The van der Waals surface area contributed by atoms with Gasteiger partial charge in [-0.1, -0.05) is 66.2 Å². The molecule has 140 valence electrons. The molecule has 0 spiro atoms. The number of aromatic nitrogens is 1. The Hall–Kier alpha value is -3.63. The second kappa shape index (κ2) is 6.76. The average Bonchev–Trinajstić information content (AvgIpc) is 3.08. The Morgan fingerprint density at radius 3 is 2.21 bits per heavy atom. The van der Waals surface area contributed by atoms with Crippen LogP contribution in [0.4, 0.5) is 5.69 Å². The molecule has 5 rings (SSSR count). The van der Waals surface area contributed by atoms with Crippen LogP contribution < -0.4 is 0 Å². The number of rotatable bonds is 3. The molecule has 5 heteroatoms. The maximum absolute atomic E-state index is 11.6. The van der Waals surface area contributed by atoms with E-state index in [0.29, 0.717) is 10.6 Å². The van der Waals surface area contributed by atoms with Crippen LogP contribution in [0.2, 0.25) is 5.02 Å². The number of benzene rings is 4. The topological polar surface area (TPSA) is 48.1 Å². The van der Waals surface area contributed by atoms with Crippen molar-refractivity contribution in [2.75, 3.05) is 0 Å². The van der Waals surface area contributed by atoms with Crippen LogP contribution in [-0.4, -0.2) is 9.49 Å². The van der Waals surface area contributed by atoms with Gasteiger partial charge in [-0.15, -0.1) is 0 Å². The summed E-state index contributed by atoms with van der Waals surface area (Å²) in [5.41, 5.74) is 4.35. The van der Waals surface area contributed by atoms with Crippen molar-refractivity contribution in [3.05, 3.63) is 106 Å². The third kappa shape index (κ3) is 2.69. The lowest BCUT2D eigenvalue weighted by Gasteiger charge is -2.10. The molecule has 29 heavy (non-hydrogen) atoms. The van der Waals surface area contributed by atoms with E-state index in [1.807, 2.05) is 72.8 Å². The zero-order valence-corrected chi connectivity index (χ0v) is 16.0. The summed E-state index contributed by atoms with van der Waals surface area (Å²) in [4.78, 5) is 11.3. The van der Waals surface area contributed by atoms with Gasteiger partial charge in [-0.25, -0.2) is 0 Å². The van der Waals surface area contributed by atoms with Gasteiger partial charge in [0.2, 0.25) is 0 Å². The van der Waals surface area contributed by atoms with Gasteiger partial charge in [0.15, 0.2) is 0 Å². The number of nitrogens with zero attached hydrogens (tertiary/aromatic N) is 2. The fourth-order valence-corrected chi connectivity index (χ4v) is 4.22. The highest BCUT2D eigenvalue weighted by molar-refractivity contribution is 6.32. The summed E-state index contributed by atoms with van der Waals surface area (Å²) in [6, 6.07) is 28.5. The van der Waals surface area contributed by atoms with Gasteiger partial charge < -0.3 is 4.57 Å². The number of nitro groups is 1. The van der Waals surface area contributed by atoms with Crippen LogP contribution in [0.15, 0.2) is 91.0 Å². The minimum absolute atomic E-state index is 0.0922. The van der Waals surface area contributed by atoms with Crippen LogP contribution >= 0.6 is 11.6 Å². The first-order valence-corrected chi connectivity index (χ1v) is 9.55. The van der Waals surface area contributed by atoms with Gasteiger partial charge in [0.25, 0.3) is 5.69 Å². The van der Waals surface area contributed by atoms with Gasteiger partial charge in [-0.05, 0) is 35.9 Å². The van der Waals surface area contributed by atoms with Gasteiger partial charge in [0, 0.05) is 16.8 Å². The highest BCUT2D eigenvalue weighted by Crippen LogP contribution is 2.41. The molecule has 0 aliphatic carbocycles. The fourth-order valence-electron chi connectivity index (χ4n) is 4.00. The predicted molar refractivity (Wildman–Crippen MR) is 118 cm³/mol. The number of nitro benzene ring substituents is 1. The van der Waals surface area contributed by atoms with E-state index >= 15 is 0 Å². The number of hydrogen-bond acceptors (Lipinski definition) is 2. The molecular formula is C24H15ClN2O2. The molecule has 1 heterocycles. The van der Waals surface area contributed by atoms with Gasteiger partial charge in [-0.2, -0.15) is 0 Å². The van der Waals surface area contributed by atoms with Crippen LogP contribution in [0.5, 0.6) is 0 Å². The van der Waals surface area contributed by atoms with Crippen molar-refractivity contribution in [1.29, 1.82) is 0 Å². The first-order valence-electron chi connectivity index (χ1n) is 9.17. The molecule has 0 saturated heterocycles. The molecule has 0 amide bonds. The van der Waals surface area contributed by atoms with Crippen molar-refractivity contribution in [3.63, 3.8) is 0 Å². The number of hydrogen-bond donors (Lipinski definition) is 0. The zero-order chi connectivity index (χ0) is 20.0. The molecule has 0 aliphatic rings. The molecular weight excluding hydrogens is 384 g/mol. The summed E-state index contributed by atoms with van der Waals surface area (Å²) < 4.78 is 2.12. The van der Waals surface area contributed by atoms with Crippen molar-refractivity contribution in [3.8, 4) is 16.8 Å². The second-order valence-electron chi connectivity index (χ2n) is 6.78. The largest absolute Gasteiger partial charge is 0.308 e. The van der Waals surface area contributed by atoms with Crippen molar-refractivity contribution in [2.45, 2.75) is 0 Å².